The van der Waals surface area contributed by atoms with Crippen LogP contribution in [0.4, 0.5) is 4.79 Å². The van der Waals surface area contributed by atoms with Gasteiger partial charge in [-0.15, -0.1) is 0 Å². The molecule has 1 saturated heterocycles. The lowest BCUT2D eigenvalue weighted by atomic mass is 9.95. The standard InChI is InChI=1S/C17H22N2O5/c1-17(2,3)24-16(23)19-9-12(8-13(19)15(21)22)10-5-4-6-11(7-10)14(18)20/h4-7,12-13H,8-9H2,1-3H3,(H2,18,20)(H,21,22). The summed E-state index contributed by atoms with van der Waals surface area (Å²) in [5, 5.41) is 9.41. The number of nitrogens with zero attached hydrogens (tertiary/aromatic N) is 1. The summed E-state index contributed by atoms with van der Waals surface area (Å²) in [6, 6.07) is 5.78. The molecular formula is C17H22N2O5. The fourth-order valence-corrected chi connectivity index (χ4v) is 2.78. The van der Waals surface area contributed by atoms with E-state index in [1.165, 1.54) is 4.90 Å². The van der Waals surface area contributed by atoms with Crippen molar-refractivity contribution in [3.8, 4) is 0 Å². The Morgan fingerprint density at radius 2 is 1.96 bits per heavy atom. The summed E-state index contributed by atoms with van der Waals surface area (Å²) in [5.41, 5.74) is 5.72. The van der Waals surface area contributed by atoms with Gasteiger partial charge in [0.25, 0.3) is 0 Å². The highest BCUT2D eigenvalue weighted by Gasteiger charge is 2.42. The number of carboxylic acid groups (broad SMARTS) is 1. The summed E-state index contributed by atoms with van der Waals surface area (Å²) in [7, 11) is 0. The average Bonchev–Trinajstić information content (AvgIpc) is 2.91. The Morgan fingerprint density at radius 1 is 1.29 bits per heavy atom. The van der Waals surface area contributed by atoms with Crippen molar-refractivity contribution < 1.29 is 24.2 Å². The van der Waals surface area contributed by atoms with Gasteiger partial charge in [-0.05, 0) is 44.9 Å². The predicted molar refractivity (Wildman–Crippen MR) is 86.7 cm³/mol. The van der Waals surface area contributed by atoms with E-state index >= 15 is 0 Å². The van der Waals surface area contributed by atoms with Gasteiger partial charge in [-0.25, -0.2) is 9.59 Å². The van der Waals surface area contributed by atoms with Gasteiger partial charge < -0.3 is 15.6 Å². The zero-order valence-electron chi connectivity index (χ0n) is 14.0. The molecule has 1 aromatic carbocycles. The number of likely N-dealkylation sites (tertiary alicyclic amines) is 1. The van der Waals surface area contributed by atoms with Crippen molar-refractivity contribution in [2.75, 3.05) is 6.54 Å². The second-order valence-electron chi connectivity index (χ2n) is 6.91. The van der Waals surface area contributed by atoms with Crippen LogP contribution < -0.4 is 5.73 Å². The van der Waals surface area contributed by atoms with Gasteiger partial charge in [0.2, 0.25) is 5.91 Å². The molecule has 2 atom stereocenters. The smallest absolute Gasteiger partial charge is 0.411 e. The molecule has 1 aliphatic rings. The molecule has 1 aliphatic heterocycles. The Bertz CT molecular complexity index is 665. The van der Waals surface area contributed by atoms with Crippen molar-refractivity contribution in [2.24, 2.45) is 5.73 Å². The maximum Gasteiger partial charge on any atom is 0.411 e. The number of carbonyl (C=O) groups is 3. The number of primary amides is 1. The van der Waals surface area contributed by atoms with E-state index in [0.29, 0.717) is 5.56 Å². The highest BCUT2D eigenvalue weighted by Crippen LogP contribution is 2.33. The van der Waals surface area contributed by atoms with Crippen molar-refractivity contribution in [2.45, 2.75) is 44.8 Å². The summed E-state index contributed by atoms with van der Waals surface area (Å²) in [6.07, 6.45) is -0.389. The van der Waals surface area contributed by atoms with Gasteiger partial charge in [-0.3, -0.25) is 9.69 Å². The number of nitrogens with two attached hydrogens (primary N) is 1. The Hall–Kier alpha value is -2.57. The van der Waals surface area contributed by atoms with Gasteiger partial charge in [-0.1, -0.05) is 12.1 Å². The van der Waals surface area contributed by atoms with Gasteiger partial charge in [0.15, 0.2) is 0 Å². The van der Waals surface area contributed by atoms with E-state index in [2.05, 4.69) is 0 Å². The molecule has 2 amide bonds. The summed E-state index contributed by atoms with van der Waals surface area (Å²) in [6.45, 7) is 5.40. The molecule has 3 N–H and O–H groups in total. The van der Waals surface area contributed by atoms with Crippen molar-refractivity contribution in [3.63, 3.8) is 0 Å². The second kappa shape index (κ2) is 6.51. The zero-order chi connectivity index (χ0) is 18.1. The fourth-order valence-electron chi connectivity index (χ4n) is 2.78. The van der Waals surface area contributed by atoms with Crippen molar-refractivity contribution in [1.29, 1.82) is 0 Å². The minimum absolute atomic E-state index is 0.196. The Labute approximate surface area is 140 Å². The molecule has 0 bridgehead atoms. The van der Waals surface area contributed by atoms with Gasteiger partial charge in [0.1, 0.15) is 11.6 Å². The van der Waals surface area contributed by atoms with E-state index in [1.54, 1.807) is 45.0 Å². The van der Waals surface area contributed by atoms with Crippen LogP contribution in [0.3, 0.4) is 0 Å². The fraction of sp³-hybridized carbons (Fsp3) is 0.471. The molecule has 2 rings (SSSR count). The van der Waals surface area contributed by atoms with Crippen LogP contribution in [0.1, 0.15) is 49.0 Å². The Morgan fingerprint density at radius 3 is 2.50 bits per heavy atom. The summed E-state index contributed by atoms with van der Waals surface area (Å²) in [5.74, 6) is -1.82. The molecule has 2 unspecified atom stereocenters. The number of hydrogen-bond donors (Lipinski definition) is 2. The van der Waals surface area contributed by atoms with Crippen molar-refractivity contribution in [3.05, 3.63) is 35.4 Å². The number of benzene rings is 1. The average molecular weight is 334 g/mol. The molecule has 0 spiro atoms. The number of amides is 2. The van der Waals surface area contributed by atoms with Crippen LogP contribution in [0.25, 0.3) is 0 Å². The summed E-state index contributed by atoms with van der Waals surface area (Å²) >= 11 is 0. The first kappa shape index (κ1) is 17.8. The van der Waals surface area contributed by atoms with E-state index in [9.17, 15) is 19.5 Å². The van der Waals surface area contributed by atoms with Gasteiger partial charge in [-0.2, -0.15) is 0 Å². The molecule has 0 saturated carbocycles. The number of rotatable bonds is 3. The molecule has 0 aromatic heterocycles. The third-order valence-corrected chi connectivity index (χ3v) is 3.86. The third kappa shape index (κ3) is 4.04. The molecule has 0 radical (unpaired) electrons. The number of ether oxygens (including phenoxy) is 1. The van der Waals surface area contributed by atoms with E-state index in [4.69, 9.17) is 10.5 Å². The van der Waals surface area contributed by atoms with Crippen LogP contribution in [0.15, 0.2) is 24.3 Å². The molecule has 24 heavy (non-hydrogen) atoms. The number of carbonyl (C=O) groups excluding carboxylic acids is 2. The van der Waals surface area contributed by atoms with E-state index in [-0.39, 0.29) is 18.9 Å². The van der Waals surface area contributed by atoms with Crippen LogP contribution >= 0.6 is 0 Å². The topological polar surface area (TPSA) is 110 Å². The SMILES string of the molecule is CC(C)(C)OC(=O)N1CC(c2cccc(C(N)=O)c2)CC1C(=O)O. The minimum atomic E-state index is -1.07. The van der Waals surface area contributed by atoms with Crippen molar-refractivity contribution in [1.82, 2.24) is 4.90 Å². The van der Waals surface area contributed by atoms with Crippen LogP contribution in [0, 0.1) is 0 Å². The predicted octanol–water partition coefficient (Wildman–Crippen LogP) is 1.96. The first-order valence-electron chi connectivity index (χ1n) is 7.70. The van der Waals surface area contributed by atoms with Gasteiger partial charge >= 0.3 is 12.1 Å². The highest BCUT2D eigenvalue weighted by atomic mass is 16.6. The Kier molecular flexibility index (Phi) is 4.82. The van der Waals surface area contributed by atoms with Gasteiger partial charge in [0, 0.05) is 18.0 Å². The molecule has 130 valence electrons. The molecule has 7 heteroatoms. The van der Waals surface area contributed by atoms with Crippen LogP contribution in [-0.2, 0) is 9.53 Å². The molecule has 1 fully saturated rings. The van der Waals surface area contributed by atoms with Crippen LogP contribution in [-0.4, -0.2) is 46.2 Å². The third-order valence-electron chi connectivity index (χ3n) is 3.86. The van der Waals surface area contributed by atoms with E-state index < -0.39 is 29.6 Å². The first-order chi connectivity index (χ1) is 11.1. The summed E-state index contributed by atoms with van der Waals surface area (Å²) in [4.78, 5) is 36.3. The van der Waals surface area contributed by atoms with E-state index in [0.717, 1.165) is 5.56 Å². The van der Waals surface area contributed by atoms with E-state index in [1.807, 2.05) is 0 Å². The van der Waals surface area contributed by atoms with Crippen LogP contribution in [0.2, 0.25) is 0 Å². The largest absolute Gasteiger partial charge is 0.480 e. The maximum absolute atomic E-state index is 12.3. The highest BCUT2D eigenvalue weighted by molar-refractivity contribution is 5.93. The molecule has 7 nitrogen and oxygen atoms in total. The summed E-state index contributed by atoms with van der Waals surface area (Å²) < 4.78 is 5.30. The zero-order valence-corrected chi connectivity index (χ0v) is 14.0. The normalized spacial score (nSPS) is 20.7. The molecule has 1 aromatic rings. The molecule has 1 heterocycles. The van der Waals surface area contributed by atoms with Crippen LogP contribution in [0.5, 0.6) is 0 Å². The number of aliphatic carboxylic acids is 1. The lowest BCUT2D eigenvalue weighted by molar-refractivity contribution is -0.142. The minimum Gasteiger partial charge on any atom is -0.480 e. The Balaban J connectivity index is 2.23. The second-order valence-corrected chi connectivity index (χ2v) is 6.91. The maximum atomic E-state index is 12.3. The molecular weight excluding hydrogens is 312 g/mol. The molecule has 0 aliphatic carbocycles. The van der Waals surface area contributed by atoms with Crippen molar-refractivity contribution >= 4 is 18.0 Å². The monoisotopic (exact) mass is 334 g/mol. The number of carboxylic acids is 1. The number of hydrogen-bond acceptors (Lipinski definition) is 4. The lowest BCUT2D eigenvalue weighted by Crippen LogP contribution is -2.43. The lowest BCUT2D eigenvalue weighted by Gasteiger charge is -2.26. The van der Waals surface area contributed by atoms with Gasteiger partial charge in [0.05, 0.1) is 0 Å². The first-order valence-corrected chi connectivity index (χ1v) is 7.70. The quantitative estimate of drug-likeness (QED) is 0.878.